The van der Waals surface area contributed by atoms with Crippen LogP contribution in [0, 0.1) is 0 Å². The number of nitrogens with zero attached hydrogens (tertiary/aromatic N) is 2. The zero-order valence-corrected chi connectivity index (χ0v) is 22.8. The van der Waals surface area contributed by atoms with Gasteiger partial charge in [-0.05, 0) is 55.5 Å². The van der Waals surface area contributed by atoms with Crippen LogP contribution in [0.25, 0.3) is 0 Å². The topological polar surface area (TPSA) is 86.8 Å². The Hall–Kier alpha value is -2.58. The van der Waals surface area contributed by atoms with Crippen molar-refractivity contribution in [2.75, 3.05) is 17.1 Å². The number of carbonyl (C=O) groups is 2. The highest BCUT2D eigenvalue weighted by molar-refractivity contribution is 7.92. The second kappa shape index (κ2) is 12.6. The van der Waals surface area contributed by atoms with E-state index in [0.717, 1.165) is 47.4 Å². The number of para-hydroxylation sites is 1. The van der Waals surface area contributed by atoms with Crippen molar-refractivity contribution in [1.82, 2.24) is 10.2 Å². The molecule has 2 aromatic carbocycles. The Morgan fingerprint density at radius 1 is 1.06 bits per heavy atom. The minimum atomic E-state index is -3.76. The predicted octanol–water partition coefficient (Wildman–Crippen LogP) is 4.53. The minimum Gasteiger partial charge on any atom is -0.352 e. The number of nitrogens with one attached hydrogen (secondary N) is 1. The number of sulfonamides is 1. The van der Waals surface area contributed by atoms with Gasteiger partial charge in [0.25, 0.3) is 0 Å². The Morgan fingerprint density at radius 3 is 2.31 bits per heavy atom. The molecule has 0 radical (unpaired) electrons. The van der Waals surface area contributed by atoms with Crippen LogP contribution in [0.3, 0.4) is 0 Å². The van der Waals surface area contributed by atoms with Gasteiger partial charge < -0.3 is 10.2 Å². The van der Waals surface area contributed by atoms with Crippen LogP contribution in [-0.4, -0.2) is 50.0 Å². The summed E-state index contributed by atoms with van der Waals surface area (Å²) in [6.07, 6.45) is 6.89. The zero-order valence-electron chi connectivity index (χ0n) is 21.2. The third kappa shape index (κ3) is 7.46. The average molecular weight is 534 g/mol. The fraction of sp³-hybridized carbons (Fsp3) is 0.481. The average Bonchev–Trinajstić information content (AvgIpc) is 2.86. The Balaban J connectivity index is 1.89. The molecule has 3 rings (SSSR count). The molecular formula is C27H36ClN3O4S. The van der Waals surface area contributed by atoms with E-state index < -0.39 is 28.5 Å². The summed E-state index contributed by atoms with van der Waals surface area (Å²) in [7, 11) is -3.76. The molecule has 0 spiro atoms. The lowest BCUT2D eigenvalue weighted by Crippen LogP contribution is -2.53. The van der Waals surface area contributed by atoms with Gasteiger partial charge in [-0.3, -0.25) is 13.9 Å². The van der Waals surface area contributed by atoms with Gasteiger partial charge >= 0.3 is 0 Å². The quantitative estimate of drug-likeness (QED) is 0.486. The van der Waals surface area contributed by atoms with Crippen LogP contribution < -0.4 is 9.62 Å². The fourth-order valence-corrected chi connectivity index (χ4v) is 5.59. The van der Waals surface area contributed by atoms with E-state index in [-0.39, 0.29) is 18.5 Å². The molecular weight excluding hydrogens is 498 g/mol. The summed E-state index contributed by atoms with van der Waals surface area (Å²) in [4.78, 5) is 28.3. The Morgan fingerprint density at radius 2 is 1.69 bits per heavy atom. The number of amides is 2. The number of anilines is 1. The molecule has 0 aliphatic heterocycles. The second-order valence-electron chi connectivity index (χ2n) is 9.42. The molecule has 1 aliphatic carbocycles. The lowest BCUT2D eigenvalue weighted by atomic mass is 9.95. The van der Waals surface area contributed by atoms with Crippen LogP contribution in [0.15, 0.2) is 48.5 Å². The minimum absolute atomic E-state index is 0.102. The maximum absolute atomic E-state index is 13.7. The van der Waals surface area contributed by atoms with Crippen LogP contribution in [0.5, 0.6) is 0 Å². The van der Waals surface area contributed by atoms with Crippen LogP contribution in [-0.2, 0) is 32.6 Å². The van der Waals surface area contributed by atoms with E-state index in [0.29, 0.717) is 17.1 Å². The molecule has 1 fully saturated rings. The van der Waals surface area contributed by atoms with Gasteiger partial charge in [0.2, 0.25) is 21.8 Å². The SMILES string of the molecule is CCc1ccccc1N(CC(=O)N(Cc1ccc(Cl)cc1)C(C)C(=O)NC1CCCCC1)S(C)(=O)=O. The van der Waals surface area contributed by atoms with Gasteiger partial charge in [0.1, 0.15) is 12.6 Å². The highest BCUT2D eigenvalue weighted by Crippen LogP contribution is 2.24. The van der Waals surface area contributed by atoms with Crippen molar-refractivity contribution in [3.63, 3.8) is 0 Å². The van der Waals surface area contributed by atoms with Gasteiger partial charge in [-0.15, -0.1) is 0 Å². The Kier molecular flexibility index (Phi) is 9.79. The molecule has 1 atom stereocenters. The molecule has 9 heteroatoms. The molecule has 0 saturated heterocycles. The Labute approximate surface area is 219 Å². The normalized spacial score (nSPS) is 15.2. The van der Waals surface area contributed by atoms with Crippen LogP contribution >= 0.6 is 11.6 Å². The van der Waals surface area contributed by atoms with Gasteiger partial charge in [0.15, 0.2) is 0 Å². The lowest BCUT2D eigenvalue weighted by Gasteiger charge is -2.33. The van der Waals surface area contributed by atoms with Gasteiger partial charge in [0.05, 0.1) is 11.9 Å². The monoisotopic (exact) mass is 533 g/mol. The standard InChI is InChI=1S/C27H36ClN3O4S/c1-4-22-10-8-9-13-25(22)31(36(3,34)35)19-26(32)30(18-21-14-16-23(28)17-15-21)20(2)27(33)29-24-11-6-5-7-12-24/h8-10,13-17,20,24H,4-7,11-12,18-19H2,1-3H3,(H,29,33). The summed E-state index contributed by atoms with van der Waals surface area (Å²) >= 11 is 6.03. The third-order valence-electron chi connectivity index (χ3n) is 6.71. The van der Waals surface area contributed by atoms with E-state index >= 15 is 0 Å². The lowest BCUT2D eigenvalue weighted by molar-refractivity contribution is -0.139. The number of aryl methyl sites for hydroxylation is 1. The molecule has 1 N–H and O–H groups in total. The van der Waals surface area contributed by atoms with E-state index in [1.165, 1.54) is 11.3 Å². The summed E-state index contributed by atoms with van der Waals surface area (Å²) in [6.45, 7) is 3.38. The maximum Gasteiger partial charge on any atom is 0.244 e. The van der Waals surface area contributed by atoms with Crippen molar-refractivity contribution >= 4 is 39.1 Å². The fourth-order valence-electron chi connectivity index (χ4n) is 4.59. The molecule has 2 amide bonds. The van der Waals surface area contributed by atoms with Crippen molar-refractivity contribution < 1.29 is 18.0 Å². The van der Waals surface area contributed by atoms with Crippen molar-refractivity contribution in [2.45, 2.75) is 71.0 Å². The van der Waals surface area contributed by atoms with Gasteiger partial charge in [-0.2, -0.15) is 0 Å². The predicted molar refractivity (Wildman–Crippen MR) is 144 cm³/mol. The van der Waals surface area contributed by atoms with Crippen LogP contribution in [0.4, 0.5) is 5.69 Å². The van der Waals surface area contributed by atoms with E-state index in [1.54, 1.807) is 43.3 Å². The summed E-state index contributed by atoms with van der Waals surface area (Å²) in [6, 6.07) is 13.5. The zero-order chi connectivity index (χ0) is 26.3. The molecule has 196 valence electrons. The first kappa shape index (κ1) is 28.0. The number of benzene rings is 2. The summed E-state index contributed by atoms with van der Waals surface area (Å²) < 4.78 is 26.7. The molecule has 36 heavy (non-hydrogen) atoms. The molecule has 1 aliphatic rings. The number of halogens is 1. The maximum atomic E-state index is 13.7. The summed E-state index contributed by atoms with van der Waals surface area (Å²) in [5.74, 6) is -0.684. The molecule has 0 bridgehead atoms. The van der Waals surface area contributed by atoms with Crippen molar-refractivity contribution in [3.05, 3.63) is 64.7 Å². The third-order valence-corrected chi connectivity index (χ3v) is 8.08. The van der Waals surface area contributed by atoms with Crippen molar-refractivity contribution in [2.24, 2.45) is 0 Å². The number of rotatable bonds is 10. The number of hydrogen-bond donors (Lipinski definition) is 1. The van der Waals surface area contributed by atoms with E-state index in [9.17, 15) is 18.0 Å². The Bertz CT molecular complexity index is 1150. The number of hydrogen-bond acceptors (Lipinski definition) is 4. The number of carbonyl (C=O) groups excluding carboxylic acids is 2. The van der Waals surface area contributed by atoms with Crippen molar-refractivity contribution in [1.29, 1.82) is 0 Å². The summed E-state index contributed by atoms with van der Waals surface area (Å²) in [5.41, 5.74) is 2.09. The summed E-state index contributed by atoms with van der Waals surface area (Å²) in [5, 5.41) is 3.67. The van der Waals surface area contributed by atoms with E-state index in [1.807, 2.05) is 19.1 Å². The molecule has 0 heterocycles. The van der Waals surface area contributed by atoms with E-state index in [2.05, 4.69) is 5.32 Å². The first-order valence-electron chi connectivity index (χ1n) is 12.5. The smallest absolute Gasteiger partial charge is 0.244 e. The molecule has 7 nitrogen and oxygen atoms in total. The molecule has 2 aromatic rings. The first-order valence-corrected chi connectivity index (χ1v) is 14.7. The highest BCUT2D eigenvalue weighted by Gasteiger charge is 2.31. The molecule has 0 aromatic heterocycles. The van der Waals surface area contributed by atoms with E-state index in [4.69, 9.17) is 11.6 Å². The van der Waals surface area contributed by atoms with Crippen LogP contribution in [0.1, 0.15) is 57.1 Å². The van der Waals surface area contributed by atoms with Gasteiger partial charge in [-0.1, -0.05) is 68.1 Å². The molecule has 1 saturated carbocycles. The van der Waals surface area contributed by atoms with Crippen LogP contribution in [0.2, 0.25) is 5.02 Å². The largest absolute Gasteiger partial charge is 0.352 e. The van der Waals surface area contributed by atoms with Crippen molar-refractivity contribution in [3.8, 4) is 0 Å². The van der Waals surface area contributed by atoms with Gasteiger partial charge in [-0.25, -0.2) is 8.42 Å². The molecule has 1 unspecified atom stereocenters. The van der Waals surface area contributed by atoms with Gasteiger partial charge in [0, 0.05) is 17.6 Å². The first-order chi connectivity index (χ1) is 17.1. The second-order valence-corrected chi connectivity index (χ2v) is 11.8. The highest BCUT2D eigenvalue weighted by atomic mass is 35.5.